The van der Waals surface area contributed by atoms with Gasteiger partial charge in [-0.1, -0.05) is 24.6 Å². The van der Waals surface area contributed by atoms with Crippen LogP contribution >= 0.6 is 0 Å². The number of rotatable bonds is 6. The monoisotopic (exact) mass is 347 g/mol. The van der Waals surface area contributed by atoms with Crippen molar-refractivity contribution < 1.29 is 14.3 Å². The molecule has 2 aliphatic heterocycles. The van der Waals surface area contributed by atoms with Gasteiger partial charge in [0, 0.05) is 18.7 Å². The summed E-state index contributed by atoms with van der Waals surface area (Å²) in [5, 5.41) is 6.33. The van der Waals surface area contributed by atoms with Crippen molar-refractivity contribution in [3.8, 4) is 5.75 Å². The van der Waals surface area contributed by atoms with Crippen molar-refractivity contribution >= 4 is 5.91 Å². The lowest BCUT2D eigenvalue weighted by molar-refractivity contribution is -0.126. The lowest BCUT2D eigenvalue weighted by Gasteiger charge is -2.36. The Morgan fingerprint density at radius 3 is 2.88 bits per heavy atom. The van der Waals surface area contributed by atoms with Crippen molar-refractivity contribution in [2.45, 2.75) is 31.3 Å². The maximum absolute atomic E-state index is 12.5. The second kappa shape index (κ2) is 9.17. The molecule has 1 amide bonds. The van der Waals surface area contributed by atoms with Crippen LogP contribution < -0.4 is 15.4 Å². The Morgan fingerprint density at radius 1 is 1.36 bits per heavy atom. The van der Waals surface area contributed by atoms with Gasteiger partial charge >= 0.3 is 0 Å². The number of hydrogen-bond donors (Lipinski definition) is 2. The molecule has 2 atom stereocenters. The molecule has 0 aromatic heterocycles. The van der Waals surface area contributed by atoms with Gasteiger partial charge in [0.05, 0.1) is 26.4 Å². The van der Waals surface area contributed by atoms with E-state index in [1.54, 1.807) is 7.11 Å². The molecule has 0 saturated carbocycles. The quantitative estimate of drug-likeness (QED) is 0.813. The van der Waals surface area contributed by atoms with Gasteiger partial charge in [0.25, 0.3) is 0 Å². The summed E-state index contributed by atoms with van der Waals surface area (Å²) in [6.45, 7) is 4.53. The molecule has 0 bridgehead atoms. The molecule has 2 N–H and O–H groups in total. The molecule has 138 valence electrons. The molecule has 25 heavy (non-hydrogen) atoms. The summed E-state index contributed by atoms with van der Waals surface area (Å²) in [4.78, 5) is 14.9. The largest absolute Gasteiger partial charge is 0.496 e. The molecule has 2 fully saturated rings. The smallest absolute Gasteiger partial charge is 0.239 e. The van der Waals surface area contributed by atoms with E-state index in [4.69, 9.17) is 9.47 Å². The van der Waals surface area contributed by atoms with Crippen LogP contribution in [0.25, 0.3) is 0 Å². The van der Waals surface area contributed by atoms with Crippen LogP contribution in [-0.2, 0) is 9.53 Å². The average molecular weight is 347 g/mol. The van der Waals surface area contributed by atoms with Crippen molar-refractivity contribution in [2.24, 2.45) is 0 Å². The first kappa shape index (κ1) is 18.2. The fourth-order valence-electron chi connectivity index (χ4n) is 3.66. The first-order chi connectivity index (χ1) is 12.3. The zero-order valence-electron chi connectivity index (χ0n) is 15.0. The minimum absolute atomic E-state index is 0.0107. The summed E-state index contributed by atoms with van der Waals surface area (Å²) in [5.74, 6) is 0.892. The van der Waals surface area contributed by atoms with Crippen LogP contribution in [0, 0.1) is 0 Å². The van der Waals surface area contributed by atoms with E-state index in [0.717, 1.165) is 30.9 Å². The van der Waals surface area contributed by atoms with E-state index in [-0.39, 0.29) is 18.0 Å². The standard InChI is InChI=1S/C19H29N3O3/c1-24-18-8-4-3-7-15(18)17(22-10-5-2-6-11-22)13-21-19(23)16-14-25-12-9-20-16/h3-4,7-8,16-17,20H,2,5-6,9-14H2,1H3,(H,21,23). The molecule has 2 heterocycles. The summed E-state index contributed by atoms with van der Waals surface area (Å²) < 4.78 is 11.0. The predicted octanol–water partition coefficient (Wildman–Crippen LogP) is 1.33. The summed E-state index contributed by atoms with van der Waals surface area (Å²) in [7, 11) is 1.70. The molecule has 1 aromatic rings. The lowest BCUT2D eigenvalue weighted by atomic mass is 10.0. The Balaban J connectivity index is 1.70. The van der Waals surface area contributed by atoms with Crippen molar-refractivity contribution in [3.05, 3.63) is 29.8 Å². The van der Waals surface area contributed by atoms with Crippen LogP contribution in [0.5, 0.6) is 5.75 Å². The Kier molecular flexibility index (Phi) is 6.67. The highest BCUT2D eigenvalue weighted by Crippen LogP contribution is 2.30. The molecular weight excluding hydrogens is 318 g/mol. The molecule has 2 unspecified atom stereocenters. The number of nitrogens with one attached hydrogen (secondary N) is 2. The zero-order valence-corrected chi connectivity index (χ0v) is 15.0. The number of ether oxygens (including phenoxy) is 2. The molecule has 0 spiro atoms. The van der Waals surface area contributed by atoms with Gasteiger partial charge < -0.3 is 20.1 Å². The number of hydrogen-bond acceptors (Lipinski definition) is 5. The Bertz CT molecular complexity index is 555. The topological polar surface area (TPSA) is 62.8 Å². The van der Waals surface area contributed by atoms with Gasteiger partial charge in [0.1, 0.15) is 11.8 Å². The van der Waals surface area contributed by atoms with Crippen LogP contribution in [0.4, 0.5) is 0 Å². The van der Waals surface area contributed by atoms with Crippen LogP contribution in [0.3, 0.4) is 0 Å². The van der Waals surface area contributed by atoms with E-state index in [1.165, 1.54) is 19.3 Å². The molecular formula is C19H29N3O3. The molecule has 6 nitrogen and oxygen atoms in total. The summed E-state index contributed by atoms with van der Waals surface area (Å²) in [6.07, 6.45) is 3.69. The Morgan fingerprint density at radius 2 is 2.16 bits per heavy atom. The third-order valence-electron chi connectivity index (χ3n) is 5.04. The number of para-hydroxylation sites is 1. The summed E-state index contributed by atoms with van der Waals surface area (Å²) in [5.41, 5.74) is 1.14. The van der Waals surface area contributed by atoms with Crippen LogP contribution in [0.1, 0.15) is 30.9 Å². The van der Waals surface area contributed by atoms with E-state index < -0.39 is 0 Å². The van der Waals surface area contributed by atoms with Crippen molar-refractivity contribution in [1.29, 1.82) is 0 Å². The number of methoxy groups -OCH3 is 1. The highest BCUT2D eigenvalue weighted by atomic mass is 16.5. The van der Waals surface area contributed by atoms with E-state index >= 15 is 0 Å². The average Bonchev–Trinajstić information content (AvgIpc) is 2.70. The molecule has 0 aliphatic carbocycles. The van der Waals surface area contributed by atoms with Crippen molar-refractivity contribution in [1.82, 2.24) is 15.5 Å². The zero-order chi connectivity index (χ0) is 17.5. The highest BCUT2D eigenvalue weighted by molar-refractivity contribution is 5.82. The number of likely N-dealkylation sites (tertiary alicyclic amines) is 1. The molecule has 0 radical (unpaired) electrons. The van der Waals surface area contributed by atoms with E-state index in [0.29, 0.717) is 19.8 Å². The minimum Gasteiger partial charge on any atom is -0.496 e. The fraction of sp³-hybridized carbons (Fsp3) is 0.632. The predicted molar refractivity (Wildman–Crippen MR) is 96.8 cm³/mol. The van der Waals surface area contributed by atoms with E-state index in [1.807, 2.05) is 18.2 Å². The number of piperidine rings is 1. The van der Waals surface area contributed by atoms with Crippen LogP contribution in [0.15, 0.2) is 24.3 Å². The SMILES string of the molecule is COc1ccccc1C(CNC(=O)C1COCCN1)N1CCCCC1. The van der Waals surface area contributed by atoms with Crippen molar-refractivity contribution in [2.75, 3.05) is 46.5 Å². The maximum atomic E-state index is 12.5. The van der Waals surface area contributed by atoms with Crippen LogP contribution in [0.2, 0.25) is 0 Å². The maximum Gasteiger partial charge on any atom is 0.239 e. The second-order valence-electron chi connectivity index (χ2n) is 6.68. The molecule has 2 saturated heterocycles. The highest BCUT2D eigenvalue weighted by Gasteiger charge is 2.27. The lowest BCUT2D eigenvalue weighted by Crippen LogP contribution is -2.52. The van der Waals surface area contributed by atoms with Gasteiger partial charge in [0.2, 0.25) is 5.91 Å². The number of benzene rings is 1. The number of carbonyl (C=O) groups is 1. The number of nitrogens with zero attached hydrogens (tertiary/aromatic N) is 1. The van der Waals surface area contributed by atoms with Gasteiger partial charge in [-0.25, -0.2) is 0 Å². The van der Waals surface area contributed by atoms with Gasteiger partial charge in [-0.05, 0) is 32.0 Å². The molecule has 6 heteroatoms. The third kappa shape index (κ3) is 4.71. The van der Waals surface area contributed by atoms with Crippen molar-refractivity contribution in [3.63, 3.8) is 0 Å². The van der Waals surface area contributed by atoms with Gasteiger partial charge in [0.15, 0.2) is 0 Å². The van der Waals surface area contributed by atoms with Gasteiger partial charge in [-0.3, -0.25) is 9.69 Å². The summed E-state index contributed by atoms with van der Waals surface area (Å²) in [6, 6.07) is 7.99. The molecule has 3 rings (SSSR count). The third-order valence-corrected chi connectivity index (χ3v) is 5.04. The number of morpholine rings is 1. The number of carbonyl (C=O) groups excluding carboxylic acids is 1. The fourth-order valence-corrected chi connectivity index (χ4v) is 3.66. The Labute approximate surface area is 149 Å². The minimum atomic E-state index is -0.256. The Hall–Kier alpha value is -1.63. The van der Waals surface area contributed by atoms with E-state index in [2.05, 4.69) is 21.6 Å². The molecule has 1 aromatic carbocycles. The molecule has 2 aliphatic rings. The second-order valence-corrected chi connectivity index (χ2v) is 6.68. The van der Waals surface area contributed by atoms with E-state index in [9.17, 15) is 4.79 Å². The first-order valence-corrected chi connectivity index (χ1v) is 9.25. The van der Waals surface area contributed by atoms with Crippen LogP contribution in [-0.4, -0.2) is 63.4 Å². The normalized spacial score (nSPS) is 23.0. The number of amides is 1. The van der Waals surface area contributed by atoms with Gasteiger partial charge in [-0.15, -0.1) is 0 Å². The van der Waals surface area contributed by atoms with Gasteiger partial charge in [-0.2, -0.15) is 0 Å². The first-order valence-electron chi connectivity index (χ1n) is 9.25. The summed E-state index contributed by atoms with van der Waals surface area (Å²) >= 11 is 0.